The van der Waals surface area contributed by atoms with Gasteiger partial charge in [0, 0.05) is 13.2 Å². The van der Waals surface area contributed by atoms with E-state index in [0.29, 0.717) is 25.1 Å². The molecular weight excluding hydrogens is 388 g/mol. The normalized spacial score (nSPS) is 19.1. The topological polar surface area (TPSA) is 97.0 Å². The minimum Gasteiger partial charge on any atom is -0.435 e. The summed E-state index contributed by atoms with van der Waals surface area (Å²) in [6.07, 6.45) is 0.708. The van der Waals surface area contributed by atoms with E-state index in [1.54, 1.807) is 0 Å². The van der Waals surface area contributed by atoms with Gasteiger partial charge in [-0.2, -0.15) is 8.78 Å². The first-order valence-electron chi connectivity index (χ1n) is 9.21. The number of rotatable bonds is 10. The van der Waals surface area contributed by atoms with Gasteiger partial charge in [-0.25, -0.2) is 4.79 Å². The molecule has 0 aliphatic carbocycles. The third-order valence-corrected chi connectivity index (χ3v) is 4.33. The second-order valence-electron chi connectivity index (χ2n) is 6.97. The number of amides is 4. The molecule has 1 atom stereocenters. The SMILES string of the molecule is CC(C)OCCCNC(=O)CN1C(=O)N[C@](C)(c2ccc(OC(F)F)cc2)C1=O. The molecule has 0 spiro atoms. The lowest BCUT2D eigenvalue weighted by atomic mass is 9.92. The van der Waals surface area contributed by atoms with Gasteiger partial charge in [-0.3, -0.25) is 14.5 Å². The van der Waals surface area contributed by atoms with Gasteiger partial charge in [0.2, 0.25) is 5.91 Å². The third kappa shape index (κ3) is 5.86. The van der Waals surface area contributed by atoms with Crippen molar-refractivity contribution in [3.8, 4) is 5.75 Å². The van der Waals surface area contributed by atoms with Crippen molar-refractivity contribution < 1.29 is 32.6 Å². The van der Waals surface area contributed by atoms with Crippen molar-refractivity contribution in [3.05, 3.63) is 29.8 Å². The highest BCUT2D eigenvalue weighted by atomic mass is 19.3. The van der Waals surface area contributed by atoms with Gasteiger partial charge in [0.25, 0.3) is 5.91 Å². The monoisotopic (exact) mass is 413 g/mol. The van der Waals surface area contributed by atoms with Crippen LogP contribution in [-0.4, -0.2) is 55.2 Å². The zero-order chi connectivity index (χ0) is 21.6. The summed E-state index contributed by atoms with van der Waals surface area (Å²) in [5, 5.41) is 5.19. The minimum absolute atomic E-state index is 0.0678. The van der Waals surface area contributed by atoms with Crippen LogP contribution in [0, 0.1) is 0 Å². The molecule has 0 bridgehead atoms. The Morgan fingerprint density at radius 3 is 2.48 bits per heavy atom. The second kappa shape index (κ2) is 9.64. The number of carbonyl (C=O) groups excluding carboxylic acids is 3. The van der Waals surface area contributed by atoms with E-state index in [4.69, 9.17) is 4.74 Å². The molecule has 1 aliphatic rings. The number of imide groups is 1. The molecule has 0 saturated carbocycles. The van der Waals surface area contributed by atoms with E-state index >= 15 is 0 Å². The van der Waals surface area contributed by atoms with Gasteiger partial charge in [-0.15, -0.1) is 0 Å². The Labute approximate surface area is 167 Å². The Hall–Kier alpha value is -2.75. The number of hydrogen-bond acceptors (Lipinski definition) is 5. The Morgan fingerprint density at radius 2 is 1.90 bits per heavy atom. The first-order chi connectivity index (χ1) is 13.6. The Balaban J connectivity index is 1.95. The summed E-state index contributed by atoms with van der Waals surface area (Å²) < 4.78 is 34.2. The highest BCUT2D eigenvalue weighted by Gasteiger charge is 2.49. The summed E-state index contributed by atoms with van der Waals surface area (Å²) in [6.45, 7) is 2.77. The molecule has 160 valence electrons. The van der Waals surface area contributed by atoms with E-state index in [1.807, 2.05) is 13.8 Å². The van der Waals surface area contributed by atoms with Crippen molar-refractivity contribution in [2.45, 2.75) is 45.4 Å². The van der Waals surface area contributed by atoms with Crippen LogP contribution in [0.2, 0.25) is 0 Å². The van der Waals surface area contributed by atoms with Gasteiger partial charge in [-0.05, 0) is 44.9 Å². The molecular formula is C19H25F2N3O5. The van der Waals surface area contributed by atoms with Crippen LogP contribution in [0.5, 0.6) is 5.75 Å². The number of halogens is 2. The van der Waals surface area contributed by atoms with E-state index in [-0.39, 0.29) is 11.9 Å². The predicted molar refractivity (Wildman–Crippen MR) is 99.4 cm³/mol. The quantitative estimate of drug-likeness (QED) is 0.452. The number of carbonyl (C=O) groups is 3. The first kappa shape index (κ1) is 22.5. The van der Waals surface area contributed by atoms with E-state index in [2.05, 4.69) is 15.4 Å². The molecule has 4 amide bonds. The van der Waals surface area contributed by atoms with Crippen LogP contribution in [0.3, 0.4) is 0 Å². The lowest BCUT2D eigenvalue weighted by molar-refractivity contribution is -0.134. The summed E-state index contributed by atoms with van der Waals surface area (Å²) >= 11 is 0. The second-order valence-corrected chi connectivity index (χ2v) is 6.97. The van der Waals surface area contributed by atoms with Crippen molar-refractivity contribution in [1.82, 2.24) is 15.5 Å². The summed E-state index contributed by atoms with van der Waals surface area (Å²) in [6, 6.07) is 4.67. The van der Waals surface area contributed by atoms with Crippen LogP contribution >= 0.6 is 0 Å². The lowest BCUT2D eigenvalue weighted by Gasteiger charge is -2.22. The van der Waals surface area contributed by atoms with Crippen LogP contribution in [0.25, 0.3) is 0 Å². The van der Waals surface area contributed by atoms with Crippen LogP contribution in [0.1, 0.15) is 32.8 Å². The van der Waals surface area contributed by atoms with Crippen molar-refractivity contribution in [2.75, 3.05) is 19.7 Å². The van der Waals surface area contributed by atoms with E-state index in [1.165, 1.54) is 31.2 Å². The predicted octanol–water partition coefficient (Wildman–Crippen LogP) is 1.99. The van der Waals surface area contributed by atoms with Crippen molar-refractivity contribution in [2.24, 2.45) is 0 Å². The van der Waals surface area contributed by atoms with Crippen molar-refractivity contribution in [3.63, 3.8) is 0 Å². The molecule has 8 nitrogen and oxygen atoms in total. The maximum atomic E-state index is 12.8. The van der Waals surface area contributed by atoms with Crippen LogP contribution in [0.4, 0.5) is 13.6 Å². The zero-order valence-corrected chi connectivity index (χ0v) is 16.5. The van der Waals surface area contributed by atoms with Crippen LogP contribution in [-0.2, 0) is 19.9 Å². The fourth-order valence-electron chi connectivity index (χ4n) is 2.82. The van der Waals surface area contributed by atoms with Gasteiger partial charge in [-0.1, -0.05) is 12.1 Å². The molecule has 0 unspecified atom stereocenters. The molecule has 1 fully saturated rings. The van der Waals surface area contributed by atoms with E-state index in [9.17, 15) is 23.2 Å². The van der Waals surface area contributed by atoms with Crippen molar-refractivity contribution >= 4 is 17.8 Å². The highest BCUT2D eigenvalue weighted by Crippen LogP contribution is 2.30. The number of ether oxygens (including phenoxy) is 2. The molecule has 1 saturated heterocycles. The number of benzene rings is 1. The minimum atomic E-state index is -2.96. The number of nitrogens with zero attached hydrogens (tertiary/aromatic N) is 1. The number of nitrogens with one attached hydrogen (secondary N) is 2. The van der Waals surface area contributed by atoms with Gasteiger partial charge in [0.15, 0.2) is 0 Å². The summed E-state index contributed by atoms with van der Waals surface area (Å²) in [5.74, 6) is -1.15. The van der Waals surface area contributed by atoms with Gasteiger partial charge in [0.05, 0.1) is 6.10 Å². The van der Waals surface area contributed by atoms with Crippen LogP contribution in [0.15, 0.2) is 24.3 Å². The summed E-state index contributed by atoms with van der Waals surface area (Å²) in [5.41, 5.74) is -1.03. The number of hydrogen-bond donors (Lipinski definition) is 2. The fourth-order valence-corrected chi connectivity index (χ4v) is 2.82. The Morgan fingerprint density at radius 1 is 1.24 bits per heavy atom. The molecule has 1 aliphatic heterocycles. The molecule has 2 N–H and O–H groups in total. The lowest BCUT2D eigenvalue weighted by Crippen LogP contribution is -2.43. The average molecular weight is 413 g/mol. The molecule has 1 aromatic rings. The number of urea groups is 1. The highest BCUT2D eigenvalue weighted by molar-refractivity contribution is 6.09. The smallest absolute Gasteiger partial charge is 0.387 e. The largest absolute Gasteiger partial charge is 0.435 e. The maximum absolute atomic E-state index is 12.8. The summed E-state index contributed by atoms with van der Waals surface area (Å²) in [4.78, 5) is 37.9. The zero-order valence-electron chi connectivity index (χ0n) is 16.5. The molecule has 0 aromatic heterocycles. The molecule has 1 heterocycles. The van der Waals surface area contributed by atoms with Gasteiger partial charge in [0.1, 0.15) is 17.8 Å². The van der Waals surface area contributed by atoms with Crippen molar-refractivity contribution in [1.29, 1.82) is 0 Å². The maximum Gasteiger partial charge on any atom is 0.387 e. The Bertz CT molecular complexity index is 742. The molecule has 2 rings (SSSR count). The first-order valence-corrected chi connectivity index (χ1v) is 9.21. The Kier molecular flexibility index (Phi) is 7.49. The number of alkyl halides is 2. The molecule has 29 heavy (non-hydrogen) atoms. The third-order valence-electron chi connectivity index (χ3n) is 4.33. The van der Waals surface area contributed by atoms with E-state index in [0.717, 1.165) is 4.90 Å². The van der Waals surface area contributed by atoms with E-state index < -0.39 is 36.5 Å². The van der Waals surface area contributed by atoms with Crippen LogP contribution < -0.4 is 15.4 Å². The fraction of sp³-hybridized carbons (Fsp3) is 0.526. The summed E-state index contributed by atoms with van der Waals surface area (Å²) in [7, 11) is 0. The van der Waals surface area contributed by atoms with Gasteiger partial charge >= 0.3 is 12.6 Å². The average Bonchev–Trinajstić information content (AvgIpc) is 2.85. The molecule has 0 radical (unpaired) electrons. The standard InChI is InChI=1S/C19H25F2N3O5/c1-12(2)28-10-4-9-22-15(25)11-24-16(26)19(3,23-18(24)27)13-5-7-14(8-6-13)29-17(20)21/h5-8,12,17H,4,9-11H2,1-3H3,(H,22,25)(H,23,27)/t19-/m1/s1. The molecule has 1 aromatic carbocycles. The molecule has 10 heteroatoms. The van der Waals surface area contributed by atoms with Gasteiger partial charge < -0.3 is 20.1 Å².